The van der Waals surface area contributed by atoms with Gasteiger partial charge in [-0.3, -0.25) is 14.9 Å². The van der Waals surface area contributed by atoms with Gasteiger partial charge in [0.25, 0.3) is 5.91 Å². The molecule has 1 heterocycles. The molecule has 2 aromatic rings. The van der Waals surface area contributed by atoms with Gasteiger partial charge in [-0.05, 0) is 29.2 Å². The zero-order chi connectivity index (χ0) is 18.4. The van der Waals surface area contributed by atoms with E-state index in [1.165, 1.54) is 23.9 Å². The number of rotatable bonds is 6. The molecule has 0 aliphatic rings. The summed E-state index contributed by atoms with van der Waals surface area (Å²) in [5.74, 6) is -0.119. The number of ether oxygens (including phenoxy) is 1. The minimum absolute atomic E-state index is 0.0472. The number of amides is 1. The Morgan fingerprint density at radius 1 is 1.28 bits per heavy atom. The fourth-order valence-corrected chi connectivity index (χ4v) is 1.91. The third-order valence-corrected chi connectivity index (χ3v) is 3.26. The summed E-state index contributed by atoms with van der Waals surface area (Å²) >= 11 is 0. The number of nitro groups is 1. The monoisotopic (exact) mass is 345 g/mol. The van der Waals surface area contributed by atoms with Gasteiger partial charge in [-0.1, -0.05) is 32.9 Å². The van der Waals surface area contributed by atoms with Crippen molar-refractivity contribution in [3.63, 3.8) is 0 Å². The minimum atomic E-state index is -0.658. The maximum absolute atomic E-state index is 11.7. The lowest BCUT2D eigenvalue weighted by Crippen LogP contribution is -2.24. The number of hydrazone groups is 1. The Bertz CT molecular complexity index is 772. The van der Waals surface area contributed by atoms with E-state index in [9.17, 15) is 14.9 Å². The lowest BCUT2D eigenvalue weighted by atomic mass is 9.87. The van der Waals surface area contributed by atoms with Gasteiger partial charge in [0.15, 0.2) is 12.4 Å². The van der Waals surface area contributed by atoms with Gasteiger partial charge >= 0.3 is 5.88 Å². The van der Waals surface area contributed by atoms with Gasteiger partial charge < -0.3 is 9.15 Å². The smallest absolute Gasteiger partial charge is 0.433 e. The summed E-state index contributed by atoms with van der Waals surface area (Å²) in [6.07, 6.45) is 1.17. The summed E-state index contributed by atoms with van der Waals surface area (Å²) in [5.41, 5.74) is 3.47. The first-order valence-corrected chi connectivity index (χ1v) is 7.55. The molecule has 1 N–H and O–H groups in total. The summed E-state index contributed by atoms with van der Waals surface area (Å²) < 4.78 is 10.2. The first-order chi connectivity index (χ1) is 11.8. The van der Waals surface area contributed by atoms with Gasteiger partial charge in [0.05, 0.1) is 12.3 Å². The highest BCUT2D eigenvalue weighted by Gasteiger charge is 2.13. The van der Waals surface area contributed by atoms with Crippen LogP contribution in [-0.4, -0.2) is 23.7 Å². The van der Waals surface area contributed by atoms with E-state index in [0.717, 1.165) is 0 Å². The van der Waals surface area contributed by atoms with Crippen molar-refractivity contribution in [3.05, 3.63) is 57.8 Å². The van der Waals surface area contributed by atoms with Crippen LogP contribution in [0.25, 0.3) is 0 Å². The van der Waals surface area contributed by atoms with E-state index >= 15 is 0 Å². The molecule has 1 amide bonds. The fraction of sp³-hybridized carbons (Fsp3) is 0.294. The van der Waals surface area contributed by atoms with E-state index in [4.69, 9.17) is 9.15 Å². The molecule has 0 radical (unpaired) electrons. The standard InChI is InChI=1S/C17H19N3O5/c1-17(2,3)12-4-6-13(7-5-12)24-11-15(21)19-18-10-14-8-9-16(25-14)20(22)23/h4-10H,11H2,1-3H3,(H,19,21)/b18-10-. The van der Waals surface area contributed by atoms with Crippen molar-refractivity contribution in [1.82, 2.24) is 5.43 Å². The van der Waals surface area contributed by atoms with Gasteiger partial charge in [-0.2, -0.15) is 5.10 Å². The summed E-state index contributed by atoms with van der Waals surface area (Å²) in [7, 11) is 0. The molecule has 0 aliphatic heterocycles. The quantitative estimate of drug-likeness (QED) is 0.492. The number of benzene rings is 1. The van der Waals surface area contributed by atoms with Gasteiger partial charge in [0.2, 0.25) is 0 Å². The van der Waals surface area contributed by atoms with E-state index in [-0.39, 0.29) is 17.8 Å². The molecule has 0 atom stereocenters. The maximum atomic E-state index is 11.7. The number of carbonyl (C=O) groups excluding carboxylic acids is 1. The Kier molecular flexibility index (Phi) is 5.53. The van der Waals surface area contributed by atoms with Crippen LogP contribution in [0.3, 0.4) is 0 Å². The predicted octanol–water partition coefficient (Wildman–Crippen LogP) is 3.01. The third-order valence-electron chi connectivity index (χ3n) is 3.26. The van der Waals surface area contributed by atoms with E-state index in [1.54, 1.807) is 12.1 Å². The first kappa shape index (κ1) is 18.2. The van der Waals surface area contributed by atoms with Crippen LogP contribution in [0, 0.1) is 10.1 Å². The van der Waals surface area contributed by atoms with Crippen LogP contribution in [0.4, 0.5) is 5.88 Å². The molecule has 0 saturated heterocycles. The molecule has 0 aliphatic carbocycles. The van der Waals surface area contributed by atoms with Gasteiger partial charge in [-0.25, -0.2) is 5.43 Å². The summed E-state index contributed by atoms with van der Waals surface area (Å²) in [5, 5.41) is 14.1. The van der Waals surface area contributed by atoms with Crippen molar-refractivity contribution in [1.29, 1.82) is 0 Å². The highest BCUT2D eigenvalue weighted by molar-refractivity contribution is 5.81. The van der Waals surface area contributed by atoms with Crippen LogP contribution >= 0.6 is 0 Å². The molecule has 0 spiro atoms. The van der Waals surface area contributed by atoms with Crippen LogP contribution in [0.15, 0.2) is 45.9 Å². The van der Waals surface area contributed by atoms with Crippen LogP contribution in [0.2, 0.25) is 0 Å². The Hall–Kier alpha value is -3.16. The summed E-state index contributed by atoms with van der Waals surface area (Å²) in [6, 6.07) is 10.1. The molecule has 0 unspecified atom stereocenters. The zero-order valence-corrected chi connectivity index (χ0v) is 14.2. The van der Waals surface area contributed by atoms with Gasteiger partial charge in [-0.15, -0.1) is 0 Å². The first-order valence-electron chi connectivity index (χ1n) is 7.55. The average Bonchev–Trinajstić information content (AvgIpc) is 3.02. The second-order valence-electron chi connectivity index (χ2n) is 6.29. The molecule has 8 nitrogen and oxygen atoms in total. The Balaban J connectivity index is 1.80. The largest absolute Gasteiger partial charge is 0.484 e. The maximum Gasteiger partial charge on any atom is 0.433 e. The van der Waals surface area contributed by atoms with Gasteiger partial charge in [0, 0.05) is 0 Å². The van der Waals surface area contributed by atoms with Crippen LogP contribution in [0.1, 0.15) is 32.1 Å². The molecule has 0 fully saturated rings. The van der Waals surface area contributed by atoms with E-state index in [2.05, 4.69) is 31.3 Å². The van der Waals surface area contributed by atoms with Crippen LogP contribution < -0.4 is 10.2 Å². The van der Waals surface area contributed by atoms with Gasteiger partial charge in [0.1, 0.15) is 10.7 Å². The topological polar surface area (TPSA) is 107 Å². The van der Waals surface area contributed by atoms with E-state index in [0.29, 0.717) is 5.75 Å². The molecule has 1 aromatic heterocycles. The molecule has 0 saturated carbocycles. The zero-order valence-electron chi connectivity index (χ0n) is 14.2. The number of nitrogens with zero attached hydrogens (tertiary/aromatic N) is 2. The third kappa shape index (κ3) is 5.45. The molecule has 1 aromatic carbocycles. The second-order valence-corrected chi connectivity index (χ2v) is 6.29. The number of hydrogen-bond donors (Lipinski definition) is 1. The molecule has 2 rings (SSSR count). The number of hydrogen-bond acceptors (Lipinski definition) is 6. The SMILES string of the molecule is CC(C)(C)c1ccc(OCC(=O)N/N=C\c2ccc([N+](=O)[O-])o2)cc1. The second kappa shape index (κ2) is 7.61. The fourth-order valence-electron chi connectivity index (χ4n) is 1.91. The molecule has 25 heavy (non-hydrogen) atoms. The average molecular weight is 345 g/mol. The van der Waals surface area contributed by atoms with E-state index < -0.39 is 16.7 Å². The molecule has 0 bridgehead atoms. The predicted molar refractivity (Wildman–Crippen MR) is 91.7 cm³/mol. The number of furan rings is 1. The lowest BCUT2D eigenvalue weighted by Gasteiger charge is -2.19. The van der Waals surface area contributed by atoms with Crippen molar-refractivity contribution >= 4 is 18.0 Å². The normalized spacial score (nSPS) is 11.5. The van der Waals surface area contributed by atoms with Crippen molar-refractivity contribution in [3.8, 4) is 5.75 Å². The molecular weight excluding hydrogens is 326 g/mol. The molecule has 8 heteroatoms. The summed E-state index contributed by atoms with van der Waals surface area (Å²) in [4.78, 5) is 21.5. The van der Waals surface area contributed by atoms with Crippen LogP contribution in [0.5, 0.6) is 5.75 Å². The van der Waals surface area contributed by atoms with Crippen molar-refractivity contribution in [2.24, 2.45) is 5.10 Å². The van der Waals surface area contributed by atoms with Crippen molar-refractivity contribution in [2.45, 2.75) is 26.2 Å². The Morgan fingerprint density at radius 2 is 1.96 bits per heavy atom. The van der Waals surface area contributed by atoms with Crippen molar-refractivity contribution in [2.75, 3.05) is 6.61 Å². The van der Waals surface area contributed by atoms with Crippen molar-refractivity contribution < 1.29 is 18.9 Å². The highest BCUT2D eigenvalue weighted by atomic mass is 16.6. The Morgan fingerprint density at radius 3 is 2.52 bits per heavy atom. The molecule has 132 valence electrons. The Labute approximate surface area is 144 Å². The highest BCUT2D eigenvalue weighted by Crippen LogP contribution is 2.24. The number of nitrogens with one attached hydrogen (secondary N) is 1. The minimum Gasteiger partial charge on any atom is -0.484 e. The summed E-state index contributed by atoms with van der Waals surface area (Å²) in [6.45, 7) is 6.14. The lowest BCUT2D eigenvalue weighted by molar-refractivity contribution is -0.402. The number of carbonyl (C=O) groups is 1. The van der Waals surface area contributed by atoms with Crippen LogP contribution in [-0.2, 0) is 10.2 Å². The van der Waals surface area contributed by atoms with E-state index in [1.807, 2.05) is 12.1 Å². The molecular formula is C17H19N3O5.